The molecule has 19 heavy (non-hydrogen) atoms. The molecule has 0 aliphatic carbocycles. The van der Waals surface area contributed by atoms with Crippen molar-refractivity contribution in [3.8, 4) is 5.75 Å². The zero-order chi connectivity index (χ0) is 14.1. The molecular formula is C16H26BrNO. The highest BCUT2D eigenvalue weighted by Crippen LogP contribution is 2.31. The average molecular weight is 328 g/mol. The summed E-state index contributed by atoms with van der Waals surface area (Å²) in [6, 6.07) is 6.70. The third-order valence-corrected chi connectivity index (χ3v) is 3.86. The van der Waals surface area contributed by atoms with Crippen molar-refractivity contribution in [1.29, 1.82) is 0 Å². The Morgan fingerprint density at radius 2 is 2.00 bits per heavy atom. The van der Waals surface area contributed by atoms with Crippen LogP contribution in [0.5, 0.6) is 5.75 Å². The molecule has 1 atom stereocenters. The number of nitrogens with one attached hydrogen (secondary N) is 1. The van der Waals surface area contributed by atoms with Crippen molar-refractivity contribution in [2.24, 2.45) is 0 Å². The zero-order valence-corrected chi connectivity index (χ0v) is 13.9. The minimum absolute atomic E-state index is 0.393. The van der Waals surface area contributed by atoms with Gasteiger partial charge < -0.3 is 10.1 Å². The highest BCUT2D eigenvalue weighted by molar-refractivity contribution is 9.10. The van der Waals surface area contributed by atoms with Gasteiger partial charge in [-0.15, -0.1) is 0 Å². The third kappa shape index (κ3) is 5.53. The summed E-state index contributed by atoms with van der Waals surface area (Å²) in [7, 11) is 1.74. The summed E-state index contributed by atoms with van der Waals surface area (Å²) < 4.78 is 6.58. The second-order valence-corrected chi connectivity index (χ2v) is 5.76. The lowest BCUT2D eigenvalue weighted by Gasteiger charge is -2.21. The predicted octanol–water partition coefficient (Wildman–Crippen LogP) is 5.08. The number of hydrogen-bond donors (Lipinski definition) is 1. The first-order chi connectivity index (χ1) is 9.22. The number of ether oxygens (including phenoxy) is 1. The summed E-state index contributed by atoms with van der Waals surface area (Å²) in [5.74, 6) is 0.968. The van der Waals surface area contributed by atoms with Crippen molar-refractivity contribution in [2.45, 2.75) is 52.0 Å². The number of hydrogen-bond acceptors (Lipinski definition) is 2. The Labute approximate surface area is 126 Å². The van der Waals surface area contributed by atoms with Crippen LogP contribution >= 0.6 is 15.9 Å². The fraction of sp³-hybridized carbons (Fsp3) is 0.625. The molecule has 0 heterocycles. The van der Waals surface area contributed by atoms with E-state index in [-0.39, 0.29) is 0 Å². The second kappa shape index (κ2) is 9.38. The Kier molecular flexibility index (Phi) is 8.15. The van der Waals surface area contributed by atoms with Crippen LogP contribution in [0.2, 0.25) is 0 Å². The molecule has 0 aliphatic rings. The maximum atomic E-state index is 5.51. The van der Waals surface area contributed by atoms with Crippen LogP contribution in [0.1, 0.15) is 57.6 Å². The molecule has 108 valence electrons. The Bertz CT molecular complexity index is 368. The maximum absolute atomic E-state index is 5.51. The summed E-state index contributed by atoms with van der Waals surface area (Å²) in [6.07, 6.45) is 6.37. The van der Waals surface area contributed by atoms with Crippen LogP contribution in [0.4, 0.5) is 0 Å². The van der Waals surface area contributed by atoms with Gasteiger partial charge in [-0.2, -0.15) is 0 Å². The monoisotopic (exact) mass is 327 g/mol. The maximum Gasteiger partial charge on any atom is 0.124 e. The molecule has 2 nitrogen and oxygen atoms in total. The van der Waals surface area contributed by atoms with E-state index in [4.69, 9.17) is 4.74 Å². The van der Waals surface area contributed by atoms with E-state index in [1.54, 1.807) is 7.11 Å². The third-order valence-electron chi connectivity index (χ3n) is 3.37. The van der Waals surface area contributed by atoms with Crippen LogP contribution in [-0.4, -0.2) is 13.7 Å². The van der Waals surface area contributed by atoms with Crippen molar-refractivity contribution in [1.82, 2.24) is 5.32 Å². The van der Waals surface area contributed by atoms with E-state index >= 15 is 0 Å². The minimum atomic E-state index is 0.393. The molecule has 0 bridgehead atoms. The van der Waals surface area contributed by atoms with Crippen molar-refractivity contribution in [2.75, 3.05) is 13.7 Å². The van der Waals surface area contributed by atoms with E-state index in [1.165, 1.54) is 37.7 Å². The van der Waals surface area contributed by atoms with Crippen LogP contribution in [-0.2, 0) is 0 Å². The van der Waals surface area contributed by atoms with E-state index < -0.39 is 0 Å². The van der Waals surface area contributed by atoms with Gasteiger partial charge in [-0.3, -0.25) is 0 Å². The summed E-state index contributed by atoms with van der Waals surface area (Å²) in [5.41, 5.74) is 1.27. The summed E-state index contributed by atoms with van der Waals surface area (Å²) in [5, 5.41) is 3.57. The molecular weight excluding hydrogens is 302 g/mol. The van der Waals surface area contributed by atoms with Crippen molar-refractivity contribution in [3.63, 3.8) is 0 Å². The van der Waals surface area contributed by atoms with Gasteiger partial charge in [0.25, 0.3) is 0 Å². The number of rotatable bonds is 9. The van der Waals surface area contributed by atoms with Crippen molar-refractivity contribution in [3.05, 3.63) is 28.2 Å². The molecule has 0 spiro atoms. The fourth-order valence-electron chi connectivity index (χ4n) is 2.36. The van der Waals surface area contributed by atoms with Crippen LogP contribution in [0.15, 0.2) is 22.7 Å². The fourth-order valence-corrected chi connectivity index (χ4v) is 2.70. The lowest BCUT2D eigenvalue weighted by molar-refractivity contribution is 0.393. The van der Waals surface area contributed by atoms with Crippen LogP contribution in [0.25, 0.3) is 0 Å². The highest BCUT2D eigenvalue weighted by Gasteiger charge is 2.15. The molecule has 0 amide bonds. The van der Waals surface area contributed by atoms with Crippen molar-refractivity contribution < 1.29 is 4.74 Å². The average Bonchev–Trinajstić information content (AvgIpc) is 2.42. The van der Waals surface area contributed by atoms with Gasteiger partial charge in [0, 0.05) is 16.1 Å². The van der Waals surface area contributed by atoms with Gasteiger partial charge in [-0.25, -0.2) is 0 Å². The number of methoxy groups -OCH3 is 1. The minimum Gasteiger partial charge on any atom is -0.496 e. The van der Waals surface area contributed by atoms with Gasteiger partial charge in [0.15, 0.2) is 0 Å². The first-order valence-corrected chi connectivity index (χ1v) is 8.09. The molecule has 0 radical (unpaired) electrons. The predicted molar refractivity (Wildman–Crippen MR) is 85.9 cm³/mol. The summed E-state index contributed by atoms with van der Waals surface area (Å²) >= 11 is 3.50. The van der Waals surface area contributed by atoms with Crippen LogP contribution < -0.4 is 10.1 Å². The molecule has 1 N–H and O–H groups in total. The highest BCUT2D eigenvalue weighted by atomic mass is 79.9. The van der Waals surface area contributed by atoms with Crippen molar-refractivity contribution >= 4 is 15.9 Å². The van der Waals surface area contributed by atoms with Gasteiger partial charge >= 0.3 is 0 Å². The largest absolute Gasteiger partial charge is 0.496 e. The zero-order valence-electron chi connectivity index (χ0n) is 12.3. The second-order valence-electron chi connectivity index (χ2n) is 4.85. The molecule has 1 rings (SSSR count). The lowest BCUT2D eigenvalue weighted by atomic mass is 9.99. The van der Waals surface area contributed by atoms with E-state index in [9.17, 15) is 0 Å². The molecule has 0 saturated heterocycles. The molecule has 0 saturated carbocycles. The molecule has 0 aromatic heterocycles. The van der Waals surface area contributed by atoms with Gasteiger partial charge in [0.05, 0.1) is 7.11 Å². The first kappa shape index (κ1) is 16.5. The van der Waals surface area contributed by atoms with Gasteiger partial charge in [0.1, 0.15) is 5.75 Å². The molecule has 0 aliphatic heterocycles. The first-order valence-electron chi connectivity index (χ1n) is 7.29. The van der Waals surface area contributed by atoms with E-state index in [2.05, 4.69) is 47.2 Å². The van der Waals surface area contributed by atoms with Gasteiger partial charge in [-0.1, -0.05) is 61.5 Å². The Balaban J connectivity index is 2.74. The summed E-state index contributed by atoms with van der Waals surface area (Å²) in [6.45, 7) is 5.39. The Hall–Kier alpha value is -0.540. The topological polar surface area (TPSA) is 21.3 Å². The van der Waals surface area contributed by atoms with Crippen LogP contribution in [0, 0.1) is 0 Å². The number of halogens is 1. The number of unbranched alkanes of at least 4 members (excludes halogenated alkanes) is 3. The van der Waals surface area contributed by atoms with E-state index in [0.29, 0.717) is 6.04 Å². The molecule has 0 fully saturated rings. The molecule has 1 aromatic rings. The van der Waals surface area contributed by atoms with Crippen LogP contribution in [0.3, 0.4) is 0 Å². The normalized spacial score (nSPS) is 12.4. The lowest BCUT2D eigenvalue weighted by Crippen LogP contribution is -2.21. The standard InChI is InChI=1S/C16H26BrNO/c1-4-6-7-8-9-15(18-5-2)14-11-10-13(17)12-16(14)19-3/h10-12,15,18H,4-9H2,1-3H3. The quantitative estimate of drug-likeness (QED) is 0.638. The Morgan fingerprint density at radius 3 is 2.63 bits per heavy atom. The van der Waals surface area contributed by atoms with E-state index in [1.807, 2.05) is 6.07 Å². The summed E-state index contributed by atoms with van der Waals surface area (Å²) in [4.78, 5) is 0. The Morgan fingerprint density at radius 1 is 1.21 bits per heavy atom. The van der Waals surface area contributed by atoms with E-state index in [0.717, 1.165) is 16.8 Å². The van der Waals surface area contributed by atoms with Gasteiger partial charge in [-0.05, 0) is 25.1 Å². The molecule has 3 heteroatoms. The molecule has 1 aromatic carbocycles. The number of benzene rings is 1. The molecule has 1 unspecified atom stereocenters. The smallest absolute Gasteiger partial charge is 0.124 e. The SMILES string of the molecule is CCCCCCC(NCC)c1ccc(Br)cc1OC. The van der Waals surface area contributed by atoms with Gasteiger partial charge in [0.2, 0.25) is 0 Å².